The van der Waals surface area contributed by atoms with Gasteiger partial charge in [-0.3, -0.25) is 0 Å². The molecule has 0 spiro atoms. The van der Waals surface area contributed by atoms with Gasteiger partial charge >= 0.3 is 0 Å². The van der Waals surface area contributed by atoms with Crippen molar-refractivity contribution in [1.82, 2.24) is 0 Å². The third kappa shape index (κ3) is 3.58. The second kappa shape index (κ2) is 7.06. The maximum absolute atomic E-state index is 10.6. The predicted octanol–water partition coefficient (Wildman–Crippen LogP) is 3.88. The summed E-state index contributed by atoms with van der Waals surface area (Å²) in [5.74, 6) is 0.499. The largest absolute Gasteiger partial charge is 0.386 e. The first-order valence-corrected chi connectivity index (χ1v) is 7.56. The molecule has 2 atom stereocenters. The van der Waals surface area contributed by atoms with E-state index in [1.54, 1.807) is 7.11 Å². The van der Waals surface area contributed by atoms with Crippen molar-refractivity contribution in [3.05, 3.63) is 35.4 Å². The van der Waals surface area contributed by atoms with Gasteiger partial charge in [0.25, 0.3) is 0 Å². The zero-order chi connectivity index (χ0) is 13.7. The quantitative estimate of drug-likeness (QED) is 0.872. The smallest absolute Gasteiger partial charge is 0.105 e. The molecule has 1 aromatic rings. The summed E-state index contributed by atoms with van der Waals surface area (Å²) < 4.78 is 5.63. The van der Waals surface area contributed by atoms with Crippen molar-refractivity contribution < 1.29 is 9.84 Å². The highest BCUT2D eigenvalue weighted by atomic mass is 16.5. The van der Waals surface area contributed by atoms with Gasteiger partial charge in [0.15, 0.2) is 0 Å². The Labute approximate surface area is 116 Å². The Morgan fingerprint density at radius 2 is 2.00 bits per heavy atom. The van der Waals surface area contributed by atoms with Gasteiger partial charge in [0.05, 0.1) is 6.10 Å². The molecule has 2 rings (SSSR count). The molecule has 0 aromatic heterocycles. The monoisotopic (exact) mass is 262 g/mol. The van der Waals surface area contributed by atoms with E-state index in [1.165, 1.54) is 37.7 Å². The summed E-state index contributed by atoms with van der Waals surface area (Å²) in [7, 11) is 1.73. The summed E-state index contributed by atoms with van der Waals surface area (Å²) in [5.41, 5.74) is 2.27. The van der Waals surface area contributed by atoms with E-state index < -0.39 is 6.10 Å². The first kappa shape index (κ1) is 14.5. The Kier molecular flexibility index (Phi) is 5.41. The second-order valence-corrected chi connectivity index (χ2v) is 5.64. The number of hydrogen-bond acceptors (Lipinski definition) is 2. The molecule has 1 aromatic carbocycles. The molecule has 0 aliphatic heterocycles. The Morgan fingerprint density at radius 1 is 1.26 bits per heavy atom. The fraction of sp³-hybridized carbons (Fsp3) is 0.647. The molecule has 0 amide bonds. The summed E-state index contributed by atoms with van der Waals surface area (Å²) in [6, 6.07) is 8.27. The average Bonchev–Trinajstić information content (AvgIpc) is 2.49. The maximum Gasteiger partial charge on any atom is 0.105 e. The van der Waals surface area contributed by atoms with E-state index >= 15 is 0 Å². The Morgan fingerprint density at radius 3 is 2.63 bits per heavy atom. The van der Waals surface area contributed by atoms with Crippen molar-refractivity contribution >= 4 is 0 Å². The lowest BCUT2D eigenvalue weighted by Gasteiger charge is -2.32. The van der Waals surface area contributed by atoms with Crippen molar-refractivity contribution in [2.24, 2.45) is 5.92 Å². The summed E-state index contributed by atoms with van der Waals surface area (Å²) in [4.78, 5) is 0. The highest BCUT2D eigenvalue weighted by Gasteiger charge is 2.30. The summed E-state index contributed by atoms with van der Waals surface area (Å²) in [6.07, 6.45) is 6.67. The molecular formula is C17H26O2. The fourth-order valence-electron chi connectivity index (χ4n) is 3.23. The van der Waals surface area contributed by atoms with Crippen molar-refractivity contribution in [3.8, 4) is 0 Å². The summed E-state index contributed by atoms with van der Waals surface area (Å²) >= 11 is 0. The van der Waals surface area contributed by atoms with E-state index in [9.17, 15) is 5.11 Å². The van der Waals surface area contributed by atoms with Crippen LogP contribution in [0.15, 0.2) is 24.3 Å². The van der Waals surface area contributed by atoms with Gasteiger partial charge in [-0.1, -0.05) is 50.5 Å². The van der Waals surface area contributed by atoms with Crippen LogP contribution in [0.1, 0.15) is 56.3 Å². The van der Waals surface area contributed by atoms with E-state index in [2.05, 4.69) is 19.1 Å². The third-order valence-electron chi connectivity index (χ3n) is 4.40. The molecule has 0 heterocycles. The molecule has 0 radical (unpaired) electrons. The van der Waals surface area contributed by atoms with Crippen LogP contribution in [0.2, 0.25) is 0 Å². The van der Waals surface area contributed by atoms with Crippen LogP contribution in [0.3, 0.4) is 0 Å². The van der Waals surface area contributed by atoms with Crippen molar-refractivity contribution in [3.63, 3.8) is 0 Å². The van der Waals surface area contributed by atoms with Crippen LogP contribution in [-0.4, -0.2) is 18.3 Å². The second-order valence-electron chi connectivity index (χ2n) is 5.64. The number of aliphatic hydroxyl groups is 1. The van der Waals surface area contributed by atoms with Gasteiger partial charge in [-0.05, 0) is 36.3 Å². The van der Waals surface area contributed by atoms with E-state index in [4.69, 9.17) is 4.74 Å². The van der Waals surface area contributed by atoms with E-state index in [0.717, 1.165) is 12.0 Å². The minimum atomic E-state index is -0.500. The SMILES string of the molecule is CCc1cccc(C(O)C(OC)C2CCCCC2)c1. The van der Waals surface area contributed by atoms with Gasteiger partial charge in [-0.2, -0.15) is 0 Å². The van der Waals surface area contributed by atoms with Crippen molar-refractivity contribution in [2.75, 3.05) is 7.11 Å². The molecule has 106 valence electrons. The van der Waals surface area contributed by atoms with Crippen LogP contribution in [0, 0.1) is 5.92 Å². The Balaban J connectivity index is 2.12. The van der Waals surface area contributed by atoms with Crippen molar-refractivity contribution in [2.45, 2.75) is 57.7 Å². The van der Waals surface area contributed by atoms with Gasteiger partial charge in [0.2, 0.25) is 0 Å². The molecule has 0 saturated heterocycles. The molecule has 2 heteroatoms. The van der Waals surface area contributed by atoms with Crippen LogP contribution in [0.5, 0.6) is 0 Å². The minimum absolute atomic E-state index is 0.0626. The summed E-state index contributed by atoms with van der Waals surface area (Å²) in [5, 5.41) is 10.6. The number of rotatable bonds is 5. The number of hydrogen-bond donors (Lipinski definition) is 1. The standard InChI is InChI=1S/C17H26O2/c1-3-13-8-7-11-15(12-13)16(18)17(19-2)14-9-5-4-6-10-14/h7-8,11-12,14,16-18H,3-6,9-10H2,1-2H3. The lowest BCUT2D eigenvalue weighted by Crippen LogP contribution is -2.31. The van der Waals surface area contributed by atoms with Crippen LogP contribution in [0.25, 0.3) is 0 Å². The lowest BCUT2D eigenvalue weighted by molar-refractivity contribution is -0.0559. The number of benzene rings is 1. The van der Waals surface area contributed by atoms with E-state index in [0.29, 0.717) is 5.92 Å². The molecule has 1 aliphatic rings. The third-order valence-corrected chi connectivity index (χ3v) is 4.40. The predicted molar refractivity (Wildman–Crippen MR) is 78.2 cm³/mol. The first-order chi connectivity index (χ1) is 9.26. The number of aliphatic hydroxyl groups excluding tert-OH is 1. The average molecular weight is 262 g/mol. The zero-order valence-electron chi connectivity index (χ0n) is 12.1. The summed E-state index contributed by atoms with van der Waals surface area (Å²) in [6.45, 7) is 2.14. The van der Waals surface area contributed by atoms with Crippen molar-refractivity contribution in [1.29, 1.82) is 0 Å². The van der Waals surface area contributed by atoms with Crippen LogP contribution in [-0.2, 0) is 11.2 Å². The molecule has 1 N–H and O–H groups in total. The van der Waals surface area contributed by atoms with E-state index in [-0.39, 0.29) is 6.10 Å². The maximum atomic E-state index is 10.6. The number of methoxy groups -OCH3 is 1. The molecule has 1 fully saturated rings. The zero-order valence-corrected chi connectivity index (χ0v) is 12.1. The van der Waals surface area contributed by atoms with Crippen LogP contribution < -0.4 is 0 Å². The molecule has 19 heavy (non-hydrogen) atoms. The topological polar surface area (TPSA) is 29.5 Å². The number of aryl methyl sites for hydroxylation is 1. The van der Waals surface area contributed by atoms with Crippen LogP contribution >= 0.6 is 0 Å². The van der Waals surface area contributed by atoms with Gasteiger partial charge in [0.1, 0.15) is 6.10 Å². The van der Waals surface area contributed by atoms with Gasteiger partial charge in [-0.25, -0.2) is 0 Å². The molecule has 1 saturated carbocycles. The number of ether oxygens (including phenoxy) is 1. The Bertz CT molecular complexity index is 383. The molecule has 1 aliphatic carbocycles. The van der Waals surface area contributed by atoms with Gasteiger partial charge in [0, 0.05) is 7.11 Å². The van der Waals surface area contributed by atoms with E-state index in [1.807, 2.05) is 12.1 Å². The molecule has 2 nitrogen and oxygen atoms in total. The molecule has 2 unspecified atom stereocenters. The first-order valence-electron chi connectivity index (χ1n) is 7.56. The van der Waals surface area contributed by atoms with Gasteiger partial charge < -0.3 is 9.84 Å². The highest BCUT2D eigenvalue weighted by Crippen LogP contribution is 2.34. The normalized spacial score (nSPS) is 20.2. The van der Waals surface area contributed by atoms with Gasteiger partial charge in [-0.15, -0.1) is 0 Å². The fourth-order valence-corrected chi connectivity index (χ4v) is 3.23. The molecule has 0 bridgehead atoms. The Hall–Kier alpha value is -0.860. The molecular weight excluding hydrogens is 236 g/mol. The minimum Gasteiger partial charge on any atom is -0.386 e. The highest BCUT2D eigenvalue weighted by molar-refractivity contribution is 5.26. The lowest BCUT2D eigenvalue weighted by atomic mass is 9.81. The van der Waals surface area contributed by atoms with Crippen LogP contribution in [0.4, 0.5) is 0 Å².